The molecule has 21 heavy (non-hydrogen) atoms. The van der Waals surface area contributed by atoms with Gasteiger partial charge in [0.05, 0.1) is 6.21 Å². The largest absolute Gasteiger partial charge is 0.289 e. The average molecular weight is 348 g/mol. The van der Waals surface area contributed by atoms with Gasteiger partial charge in [-0.1, -0.05) is 15.9 Å². The third-order valence-electron chi connectivity index (χ3n) is 2.94. The third kappa shape index (κ3) is 3.09. The topological polar surface area (TPSA) is 58.1 Å². The average Bonchev–Trinajstić information content (AvgIpc) is 2.42. The summed E-state index contributed by atoms with van der Waals surface area (Å²) in [4.78, 5) is 12.1. The van der Waals surface area contributed by atoms with Crippen molar-refractivity contribution < 1.29 is 4.39 Å². The van der Waals surface area contributed by atoms with Crippen LogP contribution in [0.4, 0.5) is 4.39 Å². The molecule has 0 unspecified atom stereocenters. The van der Waals surface area contributed by atoms with Gasteiger partial charge in [0.15, 0.2) is 0 Å². The zero-order valence-corrected chi connectivity index (χ0v) is 13.0. The monoisotopic (exact) mass is 347 g/mol. The van der Waals surface area contributed by atoms with E-state index in [1.54, 1.807) is 32.0 Å². The maximum absolute atomic E-state index is 13.6. The first-order chi connectivity index (χ1) is 9.93. The highest BCUT2D eigenvalue weighted by molar-refractivity contribution is 9.10. The second kappa shape index (κ2) is 6.02. The van der Waals surface area contributed by atoms with Crippen LogP contribution in [-0.4, -0.2) is 10.9 Å². The predicted molar refractivity (Wildman–Crippen MR) is 82.0 cm³/mol. The van der Waals surface area contributed by atoms with Crippen molar-refractivity contribution in [2.75, 3.05) is 0 Å². The number of halogens is 2. The molecular formula is C15H11BrFN3O. The van der Waals surface area contributed by atoms with E-state index in [-0.39, 0.29) is 11.1 Å². The molecule has 0 aliphatic rings. The second-order valence-electron chi connectivity index (χ2n) is 4.48. The highest BCUT2D eigenvalue weighted by Crippen LogP contribution is 2.14. The molecule has 2 rings (SSSR count). The summed E-state index contributed by atoms with van der Waals surface area (Å²) in [6.45, 7) is 3.39. The number of hydrogen-bond donors (Lipinski definition) is 0. The van der Waals surface area contributed by atoms with Gasteiger partial charge in [0, 0.05) is 15.7 Å². The first-order valence-electron chi connectivity index (χ1n) is 6.07. The van der Waals surface area contributed by atoms with Crippen molar-refractivity contribution in [3.8, 4) is 6.07 Å². The lowest BCUT2D eigenvalue weighted by Crippen LogP contribution is -2.22. The van der Waals surface area contributed by atoms with Gasteiger partial charge in [0.1, 0.15) is 17.4 Å². The molecule has 0 bridgehead atoms. The van der Waals surface area contributed by atoms with E-state index in [0.29, 0.717) is 15.7 Å². The molecule has 6 heteroatoms. The van der Waals surface area contributed by atoms with Gasteiger partial charge >= 0.3 is 0 Å². The number of pyridine rings is 1. The molecule has 0 saturated carbocycles. The molecule has 0 aliphatic carbocycles. The van der Waals surface area contributed by atoms with Crippen molar-refractivity contribution >= 4 is 22.1 Å². The smallest absolute Gasteiger partial charge is 0.266 e. The molecule has 0 amide bonds. The van der Waals surface area contributed by atoms with Gasteiger partial charge in [-0.15, -0.1) is 0 Å². The van der Waals surface area contributed by atoms with E-state index in [0.717, 1.165) is 4.68 Å². The highest BCUT2D eigenvalue weighted by atomic mass is 79.9. The van der Waals surface area contributed by atoms with Crippen LogP contribution in [0.5, 0.6) is 0 Å². The molecule has 0 radical (unpaired) electrons. The van der Waals surface area contributed by atoms with Gasteiger partial charge in [-0.25, -0.2) is 9.07 Å². The van der Waals surface area contributed by atoms with E-state index in [2.05, 4.69) is 21.0 Å². The molecule has 0 spiro atoms. The van der Waals surface area contributed by atoms with E-state index < -0.39 is 11.4 Å². The molecule has 0 N–H and O–H groups in total. The SMILES string of the molecule is Cc1cc(C)n(/N=C/c2cc(Br)ccc2F)c(=O)c1C#N. The van der Waals surface area contributed by atoms with Crippen LogP contribution in [0.3, 0.4) is 0 Å². The van der Waals surface area contributed by atoms with Crippen molar-refractivity contribution in [2.24, 2.45) is 5.10 Å². The van der Waals surface area contributed by atoms with Crippen LogP contribution in [0.2, 0.25) is 0 Å². The van der Waals surface area contributed by atoms with Crippen molar-refractivity contribution in [3.05, 3.63) is 67.3 Å². The van der Waals surface area contributed by atoms with E-state index in [9.17, 15) is 9.18 Å². The minimum Gasteiger partial charge on any atom is -0.266 e. The van der Waals surface area contributed by atoms with Gasteiger partial charge < -0.3 is 0 Å². The minimum absolute atomic E-state index is 0.0347. The van der Waals surface area contributed by atoms with Gasteiger partial charge in [-0.3, -0.25) is 4.79 Å². The van der Waals surface area contributed by atoms with Crippen LogP contribution in [0, 0.1) is 31.0 Å². The van der Waals surface area contributed by atoms with Crippen molar-refractivity contribution in [2.45, 2.75) is 13.8 Å². The minimum atomic E-state index is -0.512. The summed E-state index contributed by atoms with van der Waals surface area (Å²) in [5.41, 5.74) is 0.937. The molecule has 1 aromatic heterocycles. The maximum Gasteiger partial charge on any atom is 0.289 e. The molecule has 0 aliphatic heterocycles. The Labute approximate surface area is 129 Å². The number of benzene rings is 1. The van der Waals surface area contributed by atoms with E-state index >= 15 is 0 Å². The summed E-state index contributed by atoms with van der Waals surface area (Å²) in [6.07, 6.45) is 1.25. The Morgan fingerprint density at radius 2 is 2.10 bits per heavy atom. The Morgan fingerprint density at radius 3 is 2.76 bits per heavy atom. The van der Waals surface area contributed by atoms with E-state index in [1.165, 1.54) is 12.3 Å². The van der Waals surface area contributed by atoms with E-state index in [1.807, 2.05) is 6.07 Å². The first kappa shape index (κ1) is 15.1. The Morgan fingerprint density at radius 1 is 1.38 bits per heavy atom. The number of nitrogens with zero attached hydrogens (tertiary/aromatic N) is 3. The lowest BCUT2D eigenvalue weighted by Gasteiger charge is -2.06. The van der Waals surface area contributed by atoms with Crippen molar-refractivity contribution in [3.63, 3.8) is 0 Å². The molecule has 0 fully saturated rings. The van der Waals surface area contributed by atoms with Gasteiger partial charge in [-0.05, 0) is 43.7 Å². The van der Waals surface area contributed by atoms with Crippen LogP contribution in [-0.2, 0) is 0 Å². The molecule has 0 saturated heterocycles. The van der Waals surface area contributed by atoms with Crippen molar-refractivity contribution in [1.29, 1.82) is 5.26 Å². The fraction of sp³-hybridized carbons (Fsp3) is 0.133. The Balaban J connectivity index is 2.54. The van der Waals surface area contributed by atoms with E-state index in [4.69, 9.17) is 5.26 Å². The first-order valence-corrected chi connectivity index (χ1v) is 6.86. The molecule has 0 atom stereocenters. The number of nitriles is 1. The molecule has 106 valence electrons. The Bertz CT molecular complexity index is 834. The van der Waals surface area contributed by atoms with Crippen LogP contribution < -0.4 is 5.56 Å². The van der Waals surface area contributed by atoms with Crippen LogP contribution in [0.25, 0.3) is 0 Å². The zero-order valence-electron chi connectivity index (χ0n) is 11.4. The molecular weight excluding hydrogens is 337 g/mol. The Hall–Kier alpha value is -2.26. The fourth-order valence-corrected chi connectivity index (χ4v) is 2.27. The summed E-state index contributed by atoms with van der Waals surface area (Å²) in [5.74, 6) is -0.444. The standard InChI is InChI=1S/C15H11BrFN3O/c1-9-5-10(2)20(15(21)13(9)7-18)19-8-11-6-12(16)3-4-14(11)17/h3-6,8H,1-2H3/b19-8+. The van der Waals surface area contributed by atoms with Crippen LogP contribution in [0.1, 0.15) is 22.4 Å². The quantitative estimate of drug-likeness (QED) is 0.783. The normalized spacial score (nSPS) is 10.8. The van der Waals surface area contributed by atoms with Crippen LogP contribution >= 0.6 is 15.9 Å². The van der Waals surface area contributed by atoms with Gasteiger partial charge in [0.25, 0.3) is 5.56 Å². The summed E-state index contributed by atoms with van der Waals surface area (Å²) in [7, 11) is 0. The maximum atomic E-state index is 13.6. The summed E-state index contributed by atoms with van der Waals surface area (Å²) in [5, 5.41) is 13.0. The molecule has 1 heterocycles. The number of rotatable bonds is 2. The summed E-state index contributed by atoms with van der Waals surface area (Å²) in [6, 6.07) is 7.98. The molecule has 1 aromatic carbocycles. The Kier molecular flexibility index (Phi) is 4.34. The number of hydrogen-bond acceptors (Lipinski definition) is 3. The lowest BCUT2D eigenvalue weighted by molar-refractivity contribution is 0.625. The molecule has 4 nitrogen and oxygen atoms in total. The number of aromatic nitrogens is 1. The third-order valence-corrected chi connectivity index (χ3v) is 3.44. The second-order valence-corrected chi connectivity index (χ2v) is 5.40. The van der Waals surface area contributed by atoms with Crippen molar-refractivity contribution in [1.82, 2.24) is 4.68 Å². The summed E-state index contributed by atoms with van der Waals surface area (Å²) >= 11 is 3.24. The highest BCUT2D eigenvalue weighted by Gasteiger charge is 2.09. The predicted octanol–water partition coefficient (Wildman–Crippen LogP) is 3.12. The molecule has 2 aromatic rings. The summed E-state index contributed by atoms with van der Waals surface area (Å²) < 4.78 is 15.4. The number of aryl methyl sites for hydroxylation is 2. The van der Waals surface area contributed by atoms with Crippen LogP contribution in [0.15, 0.2) is 38.6 Å². The zero-order chi connectivity index (χ0) is 15.6. The lowest BCUT2D eigenvalue weighted by atomic mass is 10.1. The fourth-order valence-electron chi connectivity index (χ4n) is 1.89. The van der Waals surface area contributed by atoms with Gasteiger partial charge in [-0.2, -0.15) is 10.4 Å². The van der Waals surface area contributed by atoms with Gasteiger partial charge in [0.2, 0.25) is 0 Å².